The molecule has 0 heterocycles. The number of carbonyl (C=O) groups is 1. The van der Waals surface area contributed by atoms with Crippen molar-refractivity contribution in [3.63, 3.8) is 0 Å². The Kier molecular flexibility index (Phi) is 8.42. The van der Waals surface area contributed by atoms with Crippen LogP contribution in [0.2, 0.25) is 0 Å². The Balaban J connectivity index is 2.10. The third kappa shape index (κ3) is 7.11. The fourth-order valence-electron chi connectivity index (χ4n) is 1.63. The predicted molar refractivity (Wildman–Crippen MR) is 80.2 cm³/mol. The quantitative estimate of drug-likeness (QED) is 0.644. The van der Waals surface area contributed by atoms with Crippen molar-refractivity contribution < 1.29 is 14.3 Å². The van der Waals surface area contributed by atoms with Crippen molar-refractivity contribution in [1.82, 2.24) is 5.32 Å². The predicted octanol–water partition coefficient (Wildman–Crippen LogP) is 2.04. The second-order valence-corrected chi connectivity index (χ2v) is 4.42. The van der Waals surface area contributed by atoms with Gasteiger partial charge in [-0.3, -0.25) is 4.79 Å². The van der Waals surface area contributed by atoms with E-state index >= 15 is 0 Å². The normalized spacial score (nSPS) is 10.3. The first-order valence-corrected chi connectivity index (χ1v) is 6.98. The number of ether oxygens (including phenoxy) is 2. The van der Waals surface area contributed by atoms with Crippen molar-refractivity contribution in [2.24, 2.45) is 0 Å². The van der Waals surface area contributed by atoms with Crippen molar-refractivity contribution in [3.05, 3.63) is 24.3 Å². The van der Waals surface area contributed by atoms with Crippen LogP contribution < -0.4 is 15.4 Å². The number of hydrogen-bond acceptors (Lipinski definition) is 4. The molecule has 20 heavy (non-hydrogen) atoms. The van der Waals surface area contributed by atoms with Gasteiger partial charge in [0.1, 0.15) is 5.75 Å². The summed E-state index contributed by atoms with van der Waals surface area (Å²) in [6.45, 7) is 4.71. The van der Waals surface area contributed by atoms with Gasteiger partial charge in [-0.15, -0.1) is 0 Å². The van der Waals surface area contributed by atoms with Crippen molar-refractivity contribution in [2.75, 3.05) is 38.7 Å². The molecule has 2 N–H and O–H groups in total. The molecule has 0 aliphatic rings. The summed E-state index contributed by atoms with van der Waals surface area (Å²) in [4.78, 5) is 11.7. The Morgan fingerprint density at radius 3 is 2.60 bits per heavy atom. The van der Waals surface area contributed by atoms with Crippen LogP contribution in [0.5, 0.6) is 5.75 Å². The van der Waals surface area contributed by atoms with Gasteiger partial charge in [-0.1, -0.05) is 6.92 Å². The summed E-state index contributed by atoms with van der Waals surface area (Å²) in [7, 11) is 1.61. The zero-order valence-electron chi connectivity index (χ0n) is 12.3. The molecule has 5 nitrogen and oxygen atoms in total. The topological polar surface area (TPSA) is 59.6 Å². The number of anilines is 1. The van der Waals surface area contributed by atoms with E-state index in [0.29, 0.717) is 6.54 Å². The van der Waals surface area contributed by atoms with E-state index in [2.05, 4.69) is 17.6 Å². The number of rotatable bonds is 10. The average Bonchev–Trinajstić information content (AvgIpc) is 2.47. The van der Waals surface area contributed by atoms with E-state index in [0.717, 1.165) is 44.0 Å². The van der Waals surface area contributed by atoms with Crippen LogP contribution in [0.3, 0.4) is 0 Å². The minimum atomic E-state index is -0.0513. The summed E-state index contributed by atoms with van der Waals surface area (Å²) >= 11 is 0. The van der Waals surface area contributed by atoms with Crippen molar-refractivity contribution in [1.29, 1.82) is 0 Å². The number of nitrogens with one attached hydrogen (secondary N) is 2. The highest BCUT2D eigenvalue weighted by Crippen LogP contribution is 2.14. The Morgan fingerprint density at radius 2 is 1.95 bits per heavy atom. The summed E-state index contributed by atoms with van der Waals surface area (Å²) in [5, 5.41) is 5.90. The van der Waals surface area contributed by atoms with Crippen LogP contribution in [0, 0.1) is 0 Å². The molecular formula is C15H24N2O3. The van der Waals surface area contributed by atoms with Gasteiger partial charge in [-0.25, -0.2) is 0 Å². The van der Waals surface area contributed by atoms with Gasteiger partial charge in [0.15, 0.2) is 0 Å². The van der Waals surface area contributed by atoms with E-state index in [1.807, 2.05) is 24.3 Å². The molecule has 1 aromatic rings. The van der Waals surface area contributed by atoms with Gasteiger partial charge >= 0.3 is 0 Å². The van der Waals surface area contributed by atoms with Gasteiger partial charge in [0.25, 0.3) is 0 Å². The molecule has 0 fully saturated rings. The number of benzene rings is 1. The second kappa shape index (κ2) is 10.2. The molecule has 0 unspecified atom stereocenters. The molecule has 112 valence electrons. The molecule has 0 aliphatic carbocycles. The van der Waals surface area contributed by atoms with Crippen molar-refractivity contribution >= 4 is 11.6 Å². The minimum absolute atomic E-state index is 0.0513. The van der Waals surface area contributed by atoms with Crippen LogP contribution in [0.15, 0.2) is 24.3 Å². The molecule has 0 aliphatic heterocycles. The molecule has 0 saturated heterocycles. The van der Waals surface area contributed by atoms with Gasteiger partial charge in [-0.2, -0.15) is 0 Å². The lowest BCUT2D eigenvalue weighted by Crippen LogP contribution is -2.29. The summed E-state index contributed by atoms with van der Waals surface area (Å²) in [5.74, 6) is 0.720. The van der Waals surface area contributed by atoms with Crippen LogP contribution in [0.25, 0.3) is 0 Å². The standard InChI is InChI=1S/C15H24N2O3/c1-3-10-20-11-4-9-16-12-15(18)17-13-5-7-14(19-2)8-6-13/h5-8,16H,3-4,9-12H2,1-2H3,(H,17,18). The molecule has 1 amide bonds. The zero-order chi connectivity index (χ0) is 14.6. The van der Waals surface area contributed by atoms with Gasteiger partial charge < -0.3 is 20.1 Å². The first kappa shape index (κ1) is 16.5. The fraction of sp³-hybridized carbons (Fsp3) is 0.533. The third-order valence-corrected chi connectivity index (χ3v) is 2.65. The molecule has 0 atom stereocenters. The summed E-state index contributed by atoms with van der Waals surface area (Å²) in [6.07, 6.45) is 1.95. The Bertz CT molecular complexity index is 379. The summed E-state index contributed by atoms with van der Waals surface area (Å²) in [5.41, 5.74) is 0.767. The fourth-order valence-corrected chi connectivity index (χ4v) is 1.63. The first-order chi connectivity index (χ1) is 9.76. The zero-order valence-corrected chi connectivity index (χ0v) is 12.3. The molecule has 5 heteroatoms. The first-order valence-electron chi connectivity index (χ1n) is 6.98. The third-order valence-electron chi connectivity index (χ3n) is 2.65. The van der Waals surface area contributed by atoms with Crippen LogP contribution in [0.1, 0.15) is 19.8 Å². The van der Waals surface area contributed by atoms with Gasteiger partial charge in [-0.05, 0) is 43.7 Å². The van der Waals surface area contributed by atoms with E-state index in [1.165, 1.54) is 0 Å². The van der Waals surface area contributed by atoms with E-state index < -0.39 is 0 Å². The smallest absolute Gasteiger partial charge is 0.238 e. The minimum Gasteiger partial charge on any atom is -0.497 e. The number of amides is 1. The van der Waals surface area contributed by atoms with Crippen LogP contribution >= 0.6 is 0 Å². The average molecular weight is 280 g/mol. The van der Waals surface area contributed by atoms with Crippen molar-refractivity contribution in [2.45, 2.75) is 19.8 Å². The van der Waals surface area contributed by atoms with Crippen LogP contribution in [-0.4, -0.2) is 39.3 Å². The lowest BCUT2D eigenvalue weighted by atomic mass is 10.3. The maximum atomic E-state index is 11.7. The van der Waals surface area contributed by atoms with Gasteiger partial charge in [0.2, 0.25) is 5.91 Å². The SMILES string of the molecule is CCCOCCCNCC(=O)Nc1ccc(OC)cc1. The highest BCUT2D eigenvalue weighted by molar-refractivity contribution is 5.92. The van der Waals surface area contributed by atoms with Gasteiger partial charge in [0, 0.05) is 18.9 Å². The summed E-state index contributed by atoms with van der Waals surface area (Å²) in [6, 6.07) is 7.26. The molecule has 0 aromatic heterocycles. The monoisotopic (exact) mass is 280 g/mol. The highest BCUT2D eigenvalue weighted by Gasteiger charge is 2.01. The lowest BCUT2D eigenvalue weighted by Gasteiger charge is -2.07. The van der Waals surface area contributed by atoms with E-state index in [4.69, 9.17) is 9.47 Å². The van der Waals surface area contributed by atoms with Gasteiger partial charge in [0.05, 0.1) is 13.7 Å². The lowest BCUT2D eigenvalue weighted by molar-refractivity contribution is -0.115. The van der Waals surface area contributed by atoms with Crippen molar-refractivity contribution in [3.8, 4) is 5.75 Å². The van der Waals surface area contributed by atoms with Crippen LogP contribution in [-0.2, 0) is 9.53 Å². The Labute approximate surface area is 120 Å². The maximum Gasteiger partial charge on any atom is 0.238 e. The maximum absolute atomic E-state index is 11.7. The van der Waals surface area contributed by atoms with E-state index in [-0.39, 0.29) is 5.91 Å². The molecule has 1 aromatic carbocycles. The Morgan fingerprint density at radius 1 is 1.20 bits per heavy atom. The van der Waals surface area contributed by atoms with E-state index in [1.54, 1.807) is 7.11 Å². The molecule has 0 radical (unpaired) electrons. The highest BCUT2D eigenvalue weighted by atomic mass is 16.5. The molecule has 1 rings (SSSR count). The molecule has 0 bridgehead atoms. The number of carbonyl (C=O) groups excluding carboxylic acids is 1. The second-order valence-electron chi connectivity index (χ2n) is 4.42. The van der Waals surface area contributed by atoms with Crippen LogP contribution in [0.4, 0.5) is 5.69 Å². The summed E-state index contributed by atoms with van der Waals surface area (Å²) < 4.78 is 10.4. The number of hydrogen-bond donors (Lipinski definition) is 2. The van der Waals surface area contributed by atoms with E-state index in [9.17, 15) is 4.79 Å². The molecule has 0 saturated carbocycles. The Hall–Kier alpha value is -1.59. The molecule has 0 spiro atoms. The molecular weight excluding hydrogens is 256 g/mol. The largest absolute Gasteiger partial charge is 0.497 e. The number of methoxy groups -OCH3 is 1.